The van der Waals surface area contributed by atoms with Gasteiger partial charge in [0.1, 0.15) is 5.82 Å². The van der Waals surface area contributed by atoms with Crippen molar-refractivity contribution in [1.29, 1.82) is 0 Å². The maximum atomic E-state index is 4.46. The Hall–Kier alpha value is -0.440. The summed E-state index contributed by atoms with van der Waals surface area (Å²) in [6.45, 7) is 0. The molecule has 3 fully saturated rings. The monoisotopic (exact) mass is 236 g/mol. The van der Waals surface area contributed by atoms with Crippen molar-refractivity contribution < 1.29 is 0 Å². The van der Waals surface area contributed by atoms with Gasteiger partial charge < -0.3 is 4.98 Å². The fourth-order valence-corrected chi connectivity index (χ4v) is 4.22. The summed E-state index contributed by atoms with van der Waals surface area (Å²) >= 11 is 4.39. The molecule has 1 N–H and O–H groups in total. The third-order valence-corrected chi connectivity index (χ3v) is 4.93. The van der Waals surface area contributed by atoms with Crippen LogP contribution in [0.25, 0.3) is 0 Å². The summed E-state index contributed by atoms with van der Waals surface area (Å²) in [5.41, 5.74) is 0. The number of hydrogen-bond acceptors (Lipinski definition) is 2. The zero-order valence-corrected chi connectivity index (χ0v) is 10.5. The number of hydrogen-bond donors (Lipinski definition) is 2. The van der Waals surface area contributed by atoms with Crippen LogP contribution in [0.4, 0.5) is 0 Å². The van der Waals surface area contributed by atoms with Crippen molar-refractivity contribution in [2.75, 3.05) is 5.75 Å². The Labute approximate surface area is 103 Å². The lowest BCUT2D eigenvalue weighted by atomic mass is 9.59. The lowest BCUT2D eigenvalue weighted by Crippen LogP contribution is -2.37. The lowest BCUT2D eigenvalue weighted by molar-refractivity contribution is 0.0712. The minimum atomic E-state index is 0.713. The second-order valence-electron chi connectivity index (χ2n) is 5.42. The van der Waals surface area contributed by atoms with Gasteiger partial charge in [-0.25, -0.2) is 4.98 Å². The van der Waals surface area contributed by atoms with E-state index in [4.69, 9.17) is 0 Å². The maximum Gasteiger partial charge on any atom is 0.109 e. The quantitative estimate of drug-likeness (QED) is 0.775. The van der Waals surface area contributed by atoms with Crippen LogP contribution in [-0.4, -0.2) is 15.7 Å². The molecule has 0 amide bonds. The van der Waals surface area contributed by atoms with Crippen LogP contribution < -0.4 is 0 Å². The summed E-state index contributed by atoms with van der Waals surface area (Å²) in [5.74, 6) is 5.76. The fourth-order valence-electron chi connectivity index (χ4n) is 3.89. The van der Waals surface area contributed by atoms with Gasteiger partial charge in [0.15, 0.2) is 0 Å². The molecular weight excluding hydrogens is 216 g/mol. The van der Waals surface area contributed by atoms with Crippen molar-refractivity contribution in [1.82, 2.24) is 9.97 Å². The summed E-state index contributed by atoms with van der Waals surface area (Å²) in [4.78, 5) is 7.77. The highest BCUT2D eigenvalue weighted by Crippen LogP contribution is 2.52. The highest BCUT2D eigenvalue weighted by atomic mass is 32.1. The molecule has 2 nitrogen and oxygen atoms in total. The smallest absolute Gasteiger partial charge is 0.109 e. The molecular formula is C13H20N2S. The number of H-pyrrole nitrogens is 1. The van der Waals surface area contributed by atoms with Crippen molar-refractivity contribution in [3.63, 3.8) is 0 Å². The van der Waals surface area contributed by atoms with E-state index in [0.717, 1.165) is 23.5 Å². The van der Waals surface area contributed by atoms with Gasteiger partial charge in [0, 0.05) is 18.3 Å². The third-order valence-electron chi connectivity index (χ3n) is 4.68. The van der Waals surface area contributed by atoms with Crippen LogP contribution in [0, 0.1) is 17.8 Å². The SMILES string of the molecule is SCCC1CC2CCC1CC2c1ncc[nH]1. The van der Waals surface area contributed by atoms with Crippen molar-refractivity contribution in [3.05, 3.63) is 18.2 Å². The van der Waals surface area contributed by atoms with Gasteiger partial charge in [-0.1, -0.05) is 0 Å². The molecule has 3 heteroatoms. The highest BCUT2D eigenvalue weighted by Gasteiger charge is 2.42. The van der Waals surface area contributed by atoms with Gasteiger partial charge in [0.2, 0.25) is 0 Å². The highest BCUT2D eigenvalue weighted by molar-refractivity contribution is 7.80. The Morgan fingerprint density at radius 1 is 1.31 bits per heavy atom. The van der Waals surface area contributed by atoms with E-state index in [9.17, 15) is 0 Å². The Morgan fingerprint density at radius 3 is 2.81 bits per heavy atom. The van der Waals surface area contributed by atoms with Gasteiger partial charge in [-0.05, 0) is 55.6 Å². The first-order valence-corrected chi connectivity index (χ1v) is 7.12. The van der Waals surface area contributed by atoms with Gasteiger partial charge >= 0.3 is 0 Å². The number of rotatable bonds is 3. The van der Waals surface area contributed by atoms with E-state index in [1.807, 2.05) is 12.4 Å². The Balaban J connectivity index is 1.74. The summed E-state index contributed by atoms with van der Waals surface area (Å²) in [5, 5.41) is 0. The van der Waals surface area contributed by atoms with Crippen LogP contribution in [-0.2, 0) is 0 Å². The molecule has 2 bridgehead atoms. The zero-order chi connectivity index (χ0) is 11.0. The predicted molar refractivity (Wildman–Crippen MR) is 68.7 cm³/mol. The topological polar surface area (TPSA) is 28.7 Å². The van der Waals surface area contributed by atoms with Crippen LogP contribution in [0.15, 0.2) is 12.4 Å². The molecule has 3 aliphatic carbocycles. The Morgan fingerprint density at radius 2 is 2.19 bits per heavy atom. The second kappa shape index (κ2) is 4.44. The summed E-state index contributed by atoms with van der Waals surface area (Å²) < 4.78 is 0. The standard InChI is InChI=1S/C13H20N2S/c16-6-3-10-7-11-2-1-9(10)8-12(11)13-14-4-5-15-13/h4-5,9-12,16H,1-3,6-8H2,(H,14,15). The second-order valence-corrected chi connectivity index (χ2v) is 5.87. The molecule has 0 saturated heterocycles. The Bertz CT molecular complexity index is 336. The van der Waals surface area contributed by atoms with Gasteiger partial charge in [-0.2, -0.15) is 12.6 Å². The molecule has 3 saturated carbocycles. The molecule has 1 heterocycles. The van der Waals surface area contributed by atoms with Crippen LogP contribution in [0.1, 0.15) is 43.8 Å². The molecule has 1 aromatic heterocycles. The number of nitrogens with zero attached hydrogens (tertiary/aromatic N) is 1. The number of fused-ring (bicyclic) bond motifs is 3. The maximum absolute atomic E-state index is 4.46. The van der Waals surface area contributed by atoms with Crippen molar-refractivity contribution in [3.8, 4) is 0 Å². The lowest BCUT2D eigenvalue weighted by Gasteiger charge is -2.46. The summed E-state index contributed by atoms with van der Waals surface area (Å²) in [6.07, 6.45) is 10.8. The summed E-state index contributed by atoms with van der Waals surface area (Å²) in [6, 6.07) is 0. The first kappa shape index (κ1) is 10.7. The van der Waals surface area contributed by atoms with Crippen LogP contribution in [0.5, 0.6) is 0 Å². The van der Waals surface area contributed by atoms with Crippen molar-refractivity contribution in [2.45, 2.75) is 38.0 Å². The molecule has 4 rings (SSSR count). The van der Waals surface area contributed by atoms with Crippen molar-refractivity contribution in [2.24, 2.45) is 17.8 Å². The first-order valence-electron chi connectivity index (χ1n) is 6.48. The predicted octanol–water partition coefficient (Wildman–Crippen LogP) is 3.25. The normalized spacial score (nSPS) is 37.8. The van der Waals surface area contributed by atoms with E-state index in [2.05, 4.69) is 22.6 Å². The van der Waals surface area contributed by atoms with Gasteiger partial charge in [-0.3, -0.25) is 0 Å². The van der Waals surface area contributed by atoms with E-state index in [-0.39, 0.29) is 0 Å². The van der Waals surface area contributed by atoms with Crippen LogP contribution in [0.3, 0.4) is 0 Å². The molecule has 0 radical (unpaired) electrons. The molecule has 88 valence electrons. The number of aromatic amines is 1. The molecule has 1 aromatic rings. The molecule has 4 atom stereocenters. The number of aromatic nitrogens is 2. The van der Waals surface area contributed by atoms with E-state index in [1.165, 1.54) is 37.9 Å². The molecule has 4 unspecified atom stereocenters. The third kappa shape index (κ3) is 1.79. The average molecular weight is 236 g/mol. The number of imidazole rings is 1. The van der Waals surface area contributed by atoms with Crippen LogP contribution >= 0.6 is 12.6 Å². The molecule has 0 aliphatic heterocycles. The van der Waals surface area contributed by atoms with E-state index < -0.39 is 0 Å². The first-order chi connectivity index (χ1) is 7.88. The number of nitrogens with one attached hydrogen (secondary N) is 1. The van der Waals surface area contributed by atoms with Gasteiger partial charge in [0.25, 0.3) is 0 Å². The minimum Gasteiger partial charge on any atom is -0.348 e. The number of thiol groups is 1. The minimum absolute atomic E-state index is 0.713. The van der Waals surface area contributed by atoms with E-state index >= 15 is 0 Å². The van der Waals surface area contributed by atoms with Crippen molar-refractivity contribution >= 4 is 12.6 Å². The molecule has 0 spiro atoms. The molecule has 0 aromatic carbocycles. The fraction of sp³-hybridized carbons (Fsp3) is 0.769. The summed E-state index contributed by atoms with van der Waals surface area (Å²) in [7, 11) is 0. The Kier molecular flexibility index (Phi) is 2.97. The zero-order valence-electron chi connectivity index (χ0n) is 9.60. The largest absolute Gasteiger partial charge is 0.348 e. The molecule has 3 aliphatic rings. The van der Waals surface area contributed by atoms with Gasteiger partial charge in [0.05, 0.1) is 0 Å². The van der Waals surface area contributed by atoms with E-state index in [1.54, 1.807) is 0 Å². The van der Waals surface area contributed by atoms with Gasteiger partial charge in [-0.15, -0.1) is 0 Å². The average Bonchev–Trinajstić information content (AvgIpc) is 2.84. The molecule has 16 heavy (non-hydrogen) atoms. The van der Waals surface area contributed by atoms with E-state index in [0.29, 0.717) is 5.92 Å². The van der Waals surface area contributed by atoms with Crippen LogP contribution in [0.2, 0.25) is 0 Å².